The third kappa shape index (κ3) is 4.17. The molecule has 1 aliphatic rings. The molecular weight excluding hydrogens is 521 g/mol. The van der Waals surface area contributed by atoms with Gasteiger partial charge in [0.1, 0.15) is 5.82 Å². The molecule has 7 nitrogen and oxygen atoms in total. The van der Waals surface area contributed by atoms with Crippen molar-refractivity contribution in [2.45, 2.75) is 25.4 Å². The fourth-order valence-electron chi connectivity index (χ4n) is 4.74. The number of primary amides is 1. The van der Waals surface area contributed by atoms with Gasteiger partial charge < -0.3 is 5.73 Å². The SMILES string of the molecule is CC1(C)C(=O)N(c2ncccn2)c2nccc(-c3cc(C(N)=O)c(C(F)(F)F)c(-c4ccc(F)c(F)c4)c3)c21. The van der Waals surface area contributed by atoms with Crippen molar-refractivity contribution in [3.8, 4) is 22.3 Å². The van der Waals surface area contributed by atoms with Crippen LogP contribution in [0.5, 0.6) is 0 Å². The van der Waals surface area contributed by atoms with Crippen LogP contribution in [0.25, 0.3) is 22.3 Å². The summed E-state index contributed by atoms with van der Waals surface area (Å²) in [6, 6.07) is 7.36. The number of hydrogen-bond donors (Lipinski definition) is 1. The van der Waals surface area contributed by atoms with Crippen LogP contribution in [0.2, 0.25) is 0 Å². The zero-order valence-electron chi connectivity index (χ0n) is 20.3. The number of benzene rings is 2. The maximum Gasteiger partial charge on any atom is 0.417 e. The first-order valence-corrected chi connectivity index (χ1v) is 11.4. The number of carbonyl (C=O) groups is 2. The molecule has 4 aromatic rings. The summed E-state index contributed by atoms with van der Waals surface area (Å²) in [5.41, 5.74) is 1.63. The van der Waals surface area contributed by atoms with Crippen LogP contribution in [0.4, 0.5) is 33.7 Å². The number of carbonyl (C=O) groups excluding carboxylic acids is 2. The van der Waals surface area contributed by atoms with E-state index >= 15 is 0 Å². The summed E-state index contributed by atoms with van der Waals surface area (Å²) in [5.74, 6) is -4.24. The van der Waals surface area contributed by atoms with E-state index in [1.54, 1.807) is 19.9 Å². The smallest absolute Gasteiger partial charge is 0.366 e. The highest BCUT2D eigenvalue weighted by molar-refractivity contribution is 6.12. The van der Waals surface area contributed by atoms with Crippen LogP contribution in [0.3, 0.4) is 0 Å². The number of nitrogens with zero attached hydrogens (tertiary/aromatic N) is 4. The van der Waals surface area contributed by atoms with Crippen molar-refractivity contribution in [3.63, 3.8) is 0 Å². The summed E-state index contributed by atoms with van der Waals surface area (Å²) in [6.07, 6.45) is -0.848. The van der Waals surface area contributed by atoms with Gasteiger partial charge in [0.05, 0.1) is 16.5 Å². The van der Waals surface area contributed by atoms with Crippen LogP contribution in [0.1, 0.15) is 35.3 Å². The van der Waals surface area contributed by atoms with Crippen molar-refractivity contribution < 1.29 is 31.5 Å². The number of anilines is 2. The summed E-state index contributed by atoms with van der Waals surface area (Å²) in [5, 5.41) is 0. The second-order valence-corrected chi connectivity index (χ2v) is 9.31. The van der Waals surface area contributed by atoms with Gasteiger partial charge in [0.2, 0.25) is 17.8 Å². The van der Waals surface area contributed by atoms with Crippen molar-refractivity contribution in [1.29, 1.82) is 0 Å². The molecule has 2 aromatic carbocycles. The first-order chi connectivity index (χ1) is 18.3. The minimum Gasteiger partial charge on any atom is -0.366 e. The Morgan fingerprint density at radius 1 is 0.897 bits per heavy atom. The molecule has 0 fully saturated rings. The summed E-state index contributed by atoms with van der Waals surface area (Å²) < 4.78 is 70.5. The Balaban J connectivity index is 1.83. The van der Waals surface area contributed by atoms with Gasteiger partial charge in [0.15, 0.2) is 11.6 Å². The number of nitrogens with two attached hydrogens (primary N) is 1. The van der Waals surface area contributed by atoms with Crippen LogP contribution in [-0.2, 0) is 16.4 Å². The van der Waals surface area contributed by atoms with Gasteiger partial charge in [0, 0.05) is 24.2 Å². The molecule has 0 saturated carbocycles. The molecule has 198 valence electrons. The highest BCUT2D eigenvalue weighted by atomic mass is 19.4. The molecule has 0 atom stereocenters. The van der Waals surface area contributed by atoms with Gasteiger partial charge in [-0.2, -0.15) is 13.2 Å². The molecule has 3 heterocycles. The summed E-state index contributed by atoms with van der Waals surface area (Å²) >= 11 is 0. The van der Waals surface area contributed by atoms with Crippen molar-refractivity contribution in [3.05, 3.63) is 89.4 Å². The van der Waals surface area contributed by atoms with Crippen molar-refractivity contribution in [2.75, 3.05) is 4.90 Å². The van der Waals surface area contributed by atoms with Crippen molar-refractivity contribution >= 4 is 23.6 Å². The van der Waals surface area contributed by atoms with E-state index in [1.165, 1.54) is 29.6 Å². The molecule has 0 radical (unpaired) electrons. The highest BCUT2D eigenvalue weighted by Gasteiger charge is 2.48. The number of fused-ring (bicyclic) bond motifs is 1. The number of rotatable bonds is 4. The third-order valence-electron chi connectivity index (χ3n) is 6.49. The molecule has 5 rings (SSSR count). The van der Waals surface area contributed by atoms with Crippen molar-refractivity contribution in [2.24, 2.45) is 5.73 Å². The largest absolute Gasteiger partial charge is 0.417 e. The minimum atomic E-state index is -5.07. The van der Waals surface area contributed by atoms with E-state index in [9.17, 15) is 31.5 Å². The van der Waals surface area contributed by atoms with Crippen LogP contribution >= 0.6 is 0 Å². The molecule has 2 N–H and O–H groups in total. The van der Waals surface area contributed by atoms with E-state index in [-0.39, 0.29) is 28.5 Å². The standard InChI is InChI=1S/C27H18F5N5O2/c1-26(2)21-15(6-9-34-23(21)37(24(26)39)25-35-7-3-8-36-25)14-10-16(13-4-5-18(28)19(29)12-13)20(27(30,31)32)17(11-14)22(33)38/h3-12H,1-2H3,(H2,33,38). The normalized spacial score (nSPS) is 14.4. The van der Waals surface area contributed by atoms with Gasteiger partial charge in [-0.05, 0) is 72.5 Å². The maximum atomic E-state index is 14.3. The number of halogens is 5. The van der Waals surface area contributed by atoms with E-state index in [4.69, 9.17) is 5.73 Å². The molecule has 2 aromatic heterocycles. The summed E-state index contributed by atoms with van der Waals surface area (Å²) in [7, 11) is 0. The van der Waals surface area contributed by atoms with Gasteiger partial charge in [-0.15, -0.1) is 0 Å². The first-order valence-electron chi connectivity index (χ1n) is 11.4. The predicted molar refractivity (Wildman–Crippen MR) is 131 cm³/mol. The number of pyridine rings is 1. The number of amides is 2. The average Bonchev–Trinajstić information content (AvgIpc) is 3.09. The van der Waals surface area contributed by atoms with Crippen LogP contribution in [0, 0.1) is 11.6 Å². The topological polar surface area (TPSA) is 102 Å². The van der Waals surface area contributed by atoms with E-state index in [0.717, 1.165) is 18.2 Å². The molecule has 39 heavy (non-hydrogen) atoms. The quantitative estimate of drug-likeness (QED) is 0.342. The number of alkyl halides is 3. The average molecular weight is 539 g/mol. The molecule has 0 aliphatic carbocycles. The zero-order valence-corrected chi connectivity index (χ0v) is 20.3. The fourth-order valence-corrected chi connectivity index (χ4v) is 4.74. The Labute approximate surface area is 218 Å². The lowest BCUT2D eigenvalue weighted by Gasteiger charge is -2.22. The molecule has 0 bridgehead atoms. The van der Waals surface area contributed by atoms with Crippen LogP contribution < -0.4 is 10.6 Å². The van der Waals surface area contributed by atoms with E-state index in [0.29, 0.717) is 17.7 Å². The third-order valence-corrected chi connectivity index (χ3v) is 6.49. The second-order valence-electron chi connectivity index (χ2n) is 9.31. The lowest BCUT2D eigenvalue weighted by molar-refractivity contribution is -0.137. The lowest BCUT2D eigenvalue weighted by atomic mass is 9.81. The second kappa shape index (κ2) is 8.93. The highest BCUT2D eigenvalue weighted by Crippen LogP contribution is 2.49. The first kappa shape index (κ1) is 25.9. The molecule has 12 heteroatoms. The Morgan fingerprint density at radius 2 is 1.59 bits per heavy atom. The van der Waals surface area contributed by atoms with Gasteiger partial charge in [0.25, 0.3) is 0 Å². The Bertz CT molecular complexity index is 1650. The molecule has 2 amide bonds. The lowest BCUT2D eigenvalue weighted by Crippen LogP contribution is -2.34. The predicted octanol–water partition coefficient (Wildman–Crippen LogP) is 5.56. The van der Waals surface area contributed by atoms with Gasteiger partial charge in [-0.3, -0.25) is 9.59 Å². The molecule has 0 spiro atoms. The van der Waals surface area contributed by atoms with E-state index < -0.39 is 51.7 Å². The van der Waals surface area contributed by atoms with Gasteiger partial charge in [-0.25, -0.2) is 28.6 Å². The Hall–Kier alpha value is -4.74. The number of aromatic nitrogens is 3. The van der Waals surface area contributed by atoms with Crippen LogP contribution in [-0.4, -0.2) is 26.8 Å². The molecular formula is C27H18F5N5O2. The number of hydrogen-bond acceptors (Lipinski definition) is 5. The molecule has 1 aliphatic heterocycles. The van der Waals surface area contributed by atoms with Crippen LogP contribution in [0.15, 0.2) is 61.1 Å². The van der Waals surface area contributed by atoms with Gasteiger partial charge >= 0.3 is 6.18 Å². The molecule has 0 unspecified atom stereocenters. The van der Waals surface area contributed by atoms with E-state index in [1.807, 2.05) is 0 Å². The Kier molecular flexibility index (Phi) is 5.93. The summed E-state index contributed by atoms with van der Waals surface area (Å²) in [6.45, 7) is 3.22. The minimum absolute atomic E-state index is 0.0479. The van der Waals surface area contributed by atoms with Crippen molar-refractivity contribution in [1.82, 2.24) is 15.0 Å². The maximum absolute atomic E-state index is 14.3. The Morgan fingerprint density at radius 3 is 2.21 bits per heavy atom. The van der Waals surface area contributed by atoms with Gasteiger partial charge in [-0.1, -0.05) is 6.07 Å². The molecule has 0 saturated heterocycles. The zero-order chi connectivity index (χ0) is 28.3. The van der Waals surface area contributed by atoms with E-state index in [2.05, 4.69) is 15.0 Å². The fraction of sp³-hybridized carbons (Fsp3) is 0.148. The summed E-state index contributed by atoms with van der Waals surface area (Å²) in [4.78, 5) is 39.6. The monoisotopic (exact) mass is 539 g/mol.